The summed E-state index contributed by atoms with van der Waals surface area (Å²) >= 11 is 0. The summed E-state index contributed by atoms with van der Waals surface area (Å²) in [5.74, 6) is -0.0834. The Morgan fingerprint density at radius 2 is 2.17 bits per heavy atom. The molecule has 1 aromatic carbocycles. The fourth-order valence-corrected chi connectivity index (χ4v) is 2.76. The minimum atomic E-state index is -0.353. The SMILES string of the molecule is CCN[C@H](C)CNC(=O)c1cc(C2CC2)nc2ccc(F)cc12. The molecule has 1 fully saturated rings. The molecule has 1 heterocycles. The molecule has 0 spiro atoms. The Balaban J connectivity index is 1.90. The van der Waals surface area contributed by atoms with Gasteiger partial charge in [0.2, 0.25) is 0 Å². The van der Waals surface area contributed by atoms with Gasteiger partial charge >= 0.3 is 0 Å². The first-order chi connectivity index (χ1) is 11.1. The van der Waals surface area contributed by atoms with Crippen molar-refractivity contribution in [2.24, 2.45) is 0 Å². The van der Waals surface area contributed by atoms with Gasteiger partial charge in [0.05, 0.1) is 11.1 Å². The predicted octanol–water partition coefficient (Wildman–Crippen LogP) is 2.98. The molecule has 1 atom stereocenters. The minimum Gasteiger partial charge on any atom is -0.350 e. The molecule has 2 aromatic rings. The third kappa shape index (κ3) is 3.67. The largest absolute Gasteiger partial charge is 0.350 e. The van der Waals surface area contributed by atoms with E-state index in [9.17, 15) is 9.18 Å². The predicted molar refractivity (Wildman–Crippen MR) is 89.1 cm³/mol. The van der Waals surface area contributed by atoms with E-state index in [0.717, 1.165) is 25.1 Å². The summed E-state index contributed by atoms with van der Waals surface area (Å²) in [6.07, 6.45) is 2.22. The highest BCUT2D eigenvalue weighted by Gasteiger charge is 2.27. The highest BCUT2D eigenvalue weighted by atomic mass is 19.1. The molecule has 0 saturated heterocycles. The number of hydrogen-bond acceptors (Lipinski definition) is 3. The second kappa shape index (κ2) is 6.62. The summed E-state index contributed by atoms with van der Waals surface area (Å²) in [7, 11) is 0. The van der Waals surface area contributed by atoms with Gasteiger partial charge in [-0.1, -0.05) is 6.92 Å². The normalized spacial score (nSPS) is 15.6. The maximum Gasteiger partial charge on any atom is 0.252 e. The van der Waals surface area contributed by atoms with Crippen molar-refractivity contribution in [1.29, 1.82) is 0 Å². The van der Waals surface area contributed by atoms with Gasteiger partial charge in [-0.3, -0.25) is 9.78 Å². The molecule has 122 valence electrons. The summed E-state index contributed by atoms with van der Waals surface area (Å²) in [6, 6.07) is 6.45. The monoisotopic (exact) mass is 315 g/mol. The number of carbonyl (C=O) groups excluding carboxylic acids is 1. The van der Waals surface area contributed by atoms with Gasteiger partial charge in [0, 0.05) is 29.6 Å². The first-order valence-corrected chi connectivity index (χ1v) is 8.20. The molecule has 0 unspecified atom stereocenters. The van der Waals surface area contributed by atoms with Crippen LogP contribution >= 0.6 is 0 Å². The first-order valence-electron chi connectivity index (χ1n) is 8.20. The Labute approximate surface area is 135 Å². The second-order valence-corrected chi connectivity index (χ2v) is 6.20. The molecular weight excluding hydrogens is 293 g/mol. The third-order valence-corrected chi connectivity index (χ3v) is 4.15. The summed E-state index contributed by atoms with van der Waals surface area (Å²) < 4.78 is 13.6. The third-order valence-electron chi connectivity index (χ3n) is 4.15. The van der Waals surface area contributed by atoms with Crippen LogP contribution in [0.4, 0.5) is 4.39 Å². The van der Waals surface area contributed by atoms with E-state index in [0.29, 0.717) is 28.9 Å². The standard InChI is InChI=1S/C18H22FN3O/c1-3-20-11(2)10-21-18(23)15-9-17(12-4-5-12)22-16-7-6-13(19)8-14(15)16/h6-9,11-12,20H,3-5,10H2,1-2H3,(H,21,23)/t11-/m1/s1. The fraction of sp³-hybridized carbons (Fsp3) is 0.444. The van der Waals surface area contributed by atoms with Crippen molar-refractivity contribution in [3.05, 3.63) is 41.3 Å². The van der Waals surface area contributed by atoms with Crippen LogP contribution in [0.2, 0.25) is 0 Å². The van der Waals surface area contributed by atoms with Gasteiger partial charge in [-0.05, 0) is 50.6 Å². The van der Waals surface area contributed by atoms with Crippen molar-refractivity contribution in [3.63, 3.8) is 0 Å². The van der Waals surface area contributed by atoms with Gasteiger partial charge in [0.15, 0.2) is 0 Å². The molecule has 1 aromatic heterocycles. The molecule has 0 aliphatic heterocycles. The highest BCUT2D eigenvalue weighted by molar-refractivity contribution is 6.06. The molecular formula is C18H22FN3O. The number of rotatable bonds is 6. The summed E-state index contributed by atoms with van der Waals surface area (Å²) in [5.41, 5.74) is 2.13. The van der Waals surface area contributed by atoms with Crippen LogP contribution in [-0.2, 0) is 0 Å². The Hall–Kier alpha value is -2.01. The lowest BCUT2D eigenvalue weighted by molar-refractivity contribution is 0.0951. The highest BCUT2D eigenvalue weighted by Crippen LogP contribution is 2.40. The summed E-state index contributed by atoms with van der Waals surface area (Å²) in [5, 5.41) is 6.75. The maximum absolute atomic E-state index is 13.6. The Kier molecular flexibility index (Phi) is 4.57. The van der Waals surface area contributed by atoms with E-state index in [1.54, 1.807) is 6.07 Å². The number of nitrogens with one attached hydrogen (secondary N) is 2. The van der Waals surface area contributed by atoms with Crippen LogP contribution < -0.4 is 10.6 Å². The van der Waals surface area contributed by atoms with Crippen LogP contribution in [0.25, 0.3) is 10.9 Å². The molecule has 23 heavy (non-hydrogen) atoms. The number of halogens is 1. The van der Waals surface area contributed by atoms with Gasteiger partial charge in [-0.2, -0.15) is 0 Å². The zero-order valence-electron chi connectivity index (χ0n) is 13.5. The Bertz CT molecular complexity index is 728. The zero-order valence-corrected chi connectivity index (χ0v) is 13.5. The molecule has 3 rings (SSSR count). The van der Waals surface area contributed by atoms with Crippen LogP contribution in [0.5, 0.6) is 0 Å². The fourth-order valence-electron chi connectivity index (χ4n) is 2.76. The van der Waals surface area contributed by atoms with Crippen LogP contribution in [-0.4, -0.2) is 30.0 Å². The lowest BCUT2D eigenvalue weighted by atomic mass is 10.0. The molecule has 1 amide bonds. The molecule has 2 N–H and O–H groups in total. The van der Waals surface area contributed by atoms with Gasteiger partial charge in [-0.25, -0.2) is 4.39 Å². The number of nitrogens with zero attached hydrogens (tertiary/aromatic N) is 1. The molecule has 1 aliphatic carbocycles. The average Bonchev–Trinajstić information content (AvgIpc) is 3.37. The number of amides is 1. The van der Waals surface area contributed by atoms with Crippen molar-refractivity contribution in [2.45, 2.75) is 38.6 Å². The van der Waals surface area contributed by atoms with E-state index in [-0.39, 0.29) is 17.8 Å². The van der Waals surface area contributed by atoms with Crippen molar-refractivity contribution >= 4 is 16.8 Å². The van der Waals surface area contributed by atoms with Crippen molar-refractivity contribution in [2.75, 3.05) is 13.1 Å². The van der Waals surface area contributed by atoms with Gasteiger partial charge in [0.25, 0.3) is 5.91 Å². The molecule has 1 aliphatic rings. The second-order valence-electron chi connectivity index (χ2n) is 6.20. The molecule has 0 bridgehead atoms. The van der Waals surface area contributed by atoms with E-state index in [1.807, 2.05) is 19.9 Å². The van der Waals surface area contributed by atoms with Crippen LogP contribution in [0.15, 0.2) is 24.3 Å². The van der Waals surface area contributed by atoms with Gasteiger partial charge < -0.3 is 10.6 Å². The minimum absolute atomic E-state index is 0.172. The van der Waals surface area contributed by atoms with E-state index in [1.165, 1.54) is 12.1 Å². The van der Waals surface area contributed by atoms with E-state index in [2.05, 4.69) is 15.6 Å². The van der Waals surface area contributed by atoms with Crippen LogP contribution in [0.1, 0.15) is 48.7 Å². The number of pyridine rings is 1. The molecule has 5 heteroatoms. The Morgan fingerprint density at radius 1 is 1.39 bits per heavy atom. The van der Waals surface area contributed by atoms with Gasteiger partial charge in [0.1, 0.15) is 5.82 Å². The van der Waals surface area contributed by atoms with Crippen molar-refractivity contribution in [3.8, 4) is 0 Å². The Morgan fingerprint density at radius 3 is 2.87 bits per heavy atom. The molecule has 0 radical (unpaired) electrons. The number of benzene rings is 1. The summed E-state index contributed by atoms with van der Waals surface area (Å²) in [6.45, 7) is 5.43. The smallest absolute Gasteiger partial charge is 0.252 e. The topological polar surface area (TPSA) is 54.0 Å². The molecule has 4 nitrogen and oxygen atoms in total. The first kappa shape index (κ1) is 15.9. The average molecular weight is 315 g/mol. The van der Waals surface area contributed by atoms with E-state index >= 15 is 0 Å². The van der Waals surface area contributed by atoms with Crippen LogP contribution in [0.3, 0.4) is 0 Å². The van der Waals surface area contributed by atoms with Crippen LogP contribution in [0, 0.1) is 5.82 Å². The van der Waals surface area contributed by atoms with Gasteiger partial charge in [-0.15, -0.1) is 0 Å². The summed E-state index contributed by atoms with van der Waals surface area (Å²) in [4.78, 5) is 17.2. The number of fused-ring (bicyclic) bond motifs is 1. The lowest BCUT2D eigenvalue weighted by Crippen LogP contribution is -2.38. The maximum atomic E-state index is 13.6. The van der Waals surface area contributed by atoms with E-state index < -0.39 is 0 Å². The zero-order chi connectivity index (χ0) is 16.4. The lowest BCUT2D eigenvalue weighted by Gasteiger charge is -2.14. The quantitative estimate of drug-likeness (QED) is 0.861. The number of carbonyl (C=O) groups is 1. The molecule has 1 saturated carbocycles. The van der Waals surface area contributed by atoms with E-state index in [4.69, 9.17) is 0 Å². The number of hydrogen-bond donors (Lipinski definition) is 2. The number of aromatic nitrogens is 1. The van der Waals surface area contributed by atoms with Crippen molar-refractivity contribution < 1.29 is 9.18 Å². The number of likely N-dealkylation sites (N-methyl/N-ethyl adjacent to an activating group) is 1. The van der Waals surface area contributed by atoms with Crippen molar-refractivity contribution in [1.82, 2.24) is 15.6 Å².